The summed E-state index contributed by atoms with van der Waals surface area (Å²) >= 11 is 1.28. The van der Waals surface area contributed by atoms with Crippen LogP contribution in [0.15, 0.2) is 95.9 Å². The second kappa shape index (κ2) is 9.71. The Morgan fingerprint density at radius 1 is 0.892 bits per heavy atom. The van der Waals surface area contributed by atoms with E-state index in [1.807, 2.05) is 102 Å². The number of para-hydroxylation sites is 2. The molecule has 0 aliphatic carbocycles. The number of aromatic nitrogens is 5. The summed E-state index contributed by atoms with van der Waals surface area (Å²) in [5.41, 5.74) is 3.16. The quantitative estimate of drug-likeness (QED) is 0.323. The van der Waals surface area contributed by atoms with Crippen molar-refractivity contribution in [3.05, 3.63) is 117 Å². The maximum atomic E-state index is 13.2. The molecule has 9 heteroatoms. The Hall–Kier alpha value is -4.76. The van der Waals surface area contributed by atoms with Crippen LogP contribution in [0, 0.1) is 0 Å². The largest absolute Gasteiger partial charge is 0.497 e. The van der Waals surface area contributed by atoms with Gasteiger partial charge in [-0.15, -0.1) is 5.10 Å². The predicted octanol–water partition coefficient (Wildman–Crippen LogP) is 4.14. The molecule has 0 atom stereocenters. The van der Waals surface area contributed by atoms with Crippen LogP contribution in [0.2, 0.25) is 0 Å². The molecule has 182 valence electrons. The van der Waals surface area contributed by atoms with E-state index in [0.717, 1.165) is 34.0 Å². The van der Waals surface area contributed by atoms with Gasteiger partial charge in [0.25, 0.3) is 5.56 Å². The number of rotatable bonds is 7. The zero-order chi connectivity index (χ0) is 25.2. The molecule has 37 heavy (non-hydrogen) atoms. The van der Waals surface area contributed by atoms with Crippen molar-refractivity contribution in [3.63, 3.8) is 0 Å². The van der Waals surface area contributed by atoms with Gasteiger partial charge in [0.15, 0.2) is 5.82 Å². The standard InChI is InChI=1S/C28H21N5O3S/c1-35-22-14-12-19(13-15-22)26-20(17-32(31-26)21-8-4-2-5-9-21)16-24-27(34)33-28(37-24)29-25(30-33)18-36-23-10-6-3-7-11-23/h2-17H,18H2,1H3. The van der Waals surface area contributed by atoms with E-state index in [0.29, 0.717) is 15.3 Å². The SMILES string of the molecule is COc1ccc(-c2nn(-c3ccccc3)cc2C=c2sc3nc(COc4ccccc4)nn3c2=O)cc1. The first-order valence-electron chi connectivity index (χ1n) is 11.6. The summed E-state index contributed by atoms with van der Waals surface area (Å²) in [6.07, 6.45) is 3.76. The number of ether oxygens (including phenoxy) is 2. The minimum atomic E-state index is -0.230. The highest BCUT2D eigenvalue weighted by Crippen LogP contribution is 2.26. The number of methoxy groups -OCH3 is 1. The van der Waals surface area contributed by atoms with Crippen molar-refractivity contribution in [2.75, 3.05) is 7.11 Å². The van der Waals surface area contributed by atoms with Crippen molar-refractivity contribution in [1.29, 1.82) is 0 Å². The lowest BCUT2D eigenvalue weighted by atomic mass is 10.1. The molecular formula is C28H21N5O3S. The molecule has 0 radical (unpaired) electrons. The minimum Gasteiger partial charge on any atom is -0.497 e. The van der Waals surface area contributed by atoms with Crippen LogP contribution in [0.5, 0.6) is 11.5 Å². The van der Waals surface area contributed by atoms with Crippen molar-refractivity contribution >= 4 is 22.4 Å². The van der Waals surface area contributed by atoms with Gasteiger partial charge >= 0.3 is 0 Å². The van der Waals surface area contributed by atoms with Crippen LogP contribution >= 0.6 is 11.3 Å². The molecule has 0 amide bonds. The van der Waals surface area contributed by atoms with E-state index in [9.17, 15) is 4.79 Å². The molecule has 0 saturated carbocycles. The third-order valence-electron chi connectivity index (χ3n) is 5.75. The fraction of sp³-hybridized carbons (Fsp3) is 0.0714. The van der Waals surface area contributed by atoms with Gasteiger partial charge in [0.2, 0.25) is 4.96 Å². The number of thiazole rings is 1. The second-order valence-corrected chi connectivity index (χ2v) is 9.19. The Kier molecular flexibility index (Phi) is 5.95. The number of fused-ring (bicyclic) bond motifs is 1. The maximum absolute atomic E-state index is 13.2. The van der Waals surface area contributed by atoms with Crippen LogP contribution in [0.3, 0.4) is 0 Å². The molecule has 0 N–H and O–H groups in total. The summed E-state index contributed by atoms with van der Waals surface area (Å²) in [7, 11) is 1.63. The average Bonchev–Trinajstić information content (AvgIpc) is 3.63. The topological polar surface area (TPSA) is 83.5 Å². The highest BCUT2D eigenvalue weighted by molar-refractivity contribution is 7.15. The molecule has 0 aliphatic rings. The number of benzene rings is 3. The van der Waals surface area contributed by atoms with Crippen LogP contribution in [0.25, 0.3) is 28.0 Å². The Morgan fingerprint density at radius 3 is 2.32 bits per heavy atom. The lowest BCUT2D eigenvalue weighted by molar-refractivity contribution is 0.296. The Balaban J connectivity index is 1.38. The van der Waals surface area contributed by atoms with Gasteiger partial charge < -0.3 is 9.47 Å². The summed E-state index contributed by atoms with van der Waals surface area (Å²) in [6.45, 7) is 0.183. The third-order valence-corrected chi connectivity index (χ3v) is 6.71. The van der Waals surface area contributed by atoms with Crippen molar-refractivity contribution in [2.24, 2.45) is 0 Å². The normalized spacial score (nSPS) is 11.8. The summed E-state index contributed by atoms with van der Waals surface area (Å²) in [6, 6.07) is 27.0. The smallest absolute Gasteiger partial charge is 0.291 e. The van der Waals surface area contributed by atoms with Gasteiger partial charge in [-0.3, -0.25) is 4.79 Å². The maximum Gasteiger partial charge on any atom is 0.291 e. The van der Waals surface area contributed by atoms with E-state index in [4.69, 9.17) is 14.6 Å². The number of hydrogen-bond acceptors (Lipinski definition) is 7. The van der Waals surface area contributed by atoms with Gasteiger partial charge in [0, 0.05) is 17.3 Å². The number of hydrogen-bond donors (Lipinski definition) is 0. The molecule has 0 fully saturated rings. The molecule has 3 heterocycles. The van der Waals surface area contributed by atoms with Crippen molar-refractivity contribution in [2.45, 2.75) is 6.61 Å². The van der Waals surface area contributed by atoms with Crippen LogP contribution in [-0.4, -0.2) is 31.5 Å². The highest BCUT2D eigenvalue weighted by Gasteiger charge is 2.15. The van der Waals surface area contributed by atoms with E-state index in [1.165, 1.54) is 15.9 Å². The zero-order valence-electron chi connectivity index (χ0n) is 19.8. The lowest BCUT2D eigenvalue weighted by Crippen LogP contribution is -2.24. The van der Waals surface area contributed by atoms with Crippen LogP contribution in [0.4, 0.5) is 0 Å². The summed E-state index contributed by atoms with van der Waals surface area (Å²) in [4.78, 5) is 18.2. The van der Waals surface area contributed by atoms with Crippen molar-refractivity contribution in [3.8, 4) is 28.4 Å². The van der Waals surface area contributed by atoms with Crippen LogP contribution in [0.1, 0.15) is 11.4 Å². The van der Waals surface area contributed by atoms with Gasteiger partial charge in [0.05, 0.1) is 17.3 Å². The molecular weight excluding hydrogens is 486 g/mol. The van der Waals surface area contributed by atoms with E-state index < -0.39 is 0 Å². The van der Waals surface area contributed by atoms with Gasteiger partial charge in [-0.2, -0.15) is 14.6 Å². The van der Waals surface area contributed by atoms with E-state index in [1.54, 1.807) is 7.11 Å². The average molecular weight is 508 g/mol. The minimum absolute atomic E-state index is 0.183. The summed E-state index contributed by atoms with van der Waals surface area (Å²) < 4.78 is 14.7. The predicted molar refractivity (Wildman–Crippen MR) is 142 cm³/mol. The lowest BCUT2D eigenvalue weighted by Gasteiger charge is -2.02. The van der Waals surface area contributed by atoms with Gasteiger partial charge in [-0.1, -0.05) is 47.7 Å². The molecule has 0 spiro atoms. The molecule has 6 rings (SSSR count). The van der Waals surface area contributed by atoms with Crippen molar-refractivity contribution < 1.29 is 9.47 Å². The summed E-state index contributed by atoms with van der Waals surface area (Å²) in [5, 5.41) is 9.20. The fourth-order valence-corrected chi connectivity index (χ4v) is 4.84. The van der Waals surface area contributed by atoms with E-state index in [2.05, 4.69) is 10.1 Å². The molecule has 6 aromatic rings. The van der Waals surface area contributed by atoms with E-state index >= 15 is 0 Å². The molecule has 0 aliphatic heterocycles. The Labute approximate surface area is 215 Å². The molecule has 0 saturated heterocycles. The number of nitrogens with zero attached hydrogens (tertiary/aromatic N) is 5. The van der Waals surface area contributed by atoms with Crippen molar-refractivity contribution in [1.82, 2.24) is 24.4 Å². The third kappa shape index (κ3) is 4.60. The zero-order valence-corrected chi connectivity index (χ0v) is 20.6. The van der Waals surface area contributed by atoms with E-state index in [-0.39, 0.29) is 12.2 Å². The first-order valence-corrected chi connectivity index (χ1v) is 12.4. The van der Waals surface area contributed by atoms with Crippen LogP contribution in [-0.2, 0) is 6.61 Å². The van der Waals surface area contributed by atoms with Gasteiger partial charge in [-0.05, 0) is 54.6 Å². The van der Waals surface area contributed by atoms with Gasteiger partial charge in [0.1, 0.15) is 23.8 Å². The Bertz CT molecular complexity index is 1780. The summed E-state index contributed by atoms with van der Waals surface area (Å²) in [5.74, 6) is 1.93. The molecule has 0 bridgehead atoms. The van der Waals surface area contributed by atoms with Crippen LogP contribution < -0.4 is 19.6 Å². The molecule has 3 aromatic heterocycles. The molecule has 8 nitrogen and oxygen atoms in total. The monoisotopic (exact) mass is 507 g/mol. The first kappa shape index (κ1) is 22.7. The molecule has 0 unspecified atom stereocenters. The van der Waals surface area contributed by atoms with Gasteiger partial charge in [-0.25, -0.2) is 4.68 Å². The fourth-order valence-electron chi connectivity index (χ4n) is 3.92. The highest BCUT2D eigenvalue weighted by atomic mass is 32.1. The Morgan fingerprint density at radius 2 is 1.62 bits per heavy atom. The first-order chi connectivity index (χ1) is 18.2. The second-order valence-electron chi connectivity index (χ2n) is 8.18. The molecule has 3 aromatic carbocycles.